The second-order valence-electron chi connectivity index (χ2n) is 3.32. The fourth-order valence-corrected chi connectivity index (χ4v) is 1.47. The molecular weight excluding hydrogens is 210 g/mol. The van der Waals surface area contributed by atoms with Crippen molar-refractivity contribution in [2.24, 2.45) is 0 Å². The van der Waals surface area contributed by atoms with Crippen LogP contribution in [-0.2, 0) is 0 Å². The lowest BCUT2D eigenvalue weighted by atomic mass is 10.1. The number of Topliss-reactive ketones (excluding diaryl/α,β-unsaturated/α-hetero) is 1. The molecule has 2 aromatic heterocycles. The topological polar surface area (TPSA) is 73.3 Å². The molecule has 0 amide bonds. The van der Waals surface area contributed by atoms with Crippen LogP contribution in [0.15, 0.2) is 27.3 Å². The van der Waals surface area contributed by atoms with Crippen molar-refractivity contribution in [2.75, 3.05) is 0 Å². The molecule has 0 radical (unpaired) electrons. The van der Waals surface area contributed by atoms with Crippen molar-refractivity contribution in [1.82, 2.24) is 5.16 Å². The Labute approximate surface area is 91.0 Å². The first-order chi connectivity index (χ1) is 7.61. The van der Waals surface area contributed by atoms with Crippen molar-refractivity contribution in [3.63, 3.8) is 0 Å². The number of hydrogen-bond donors (Lipinski definition) is 0. The molecule has 0 aliphatic carbocycles. The number of ketones is 2. The SMILES string of the molecule is CC(=O)c1c(C(=O)c2ccco2)noc1C. The molecule has 0 unspecified atom stereocenters. The Balaban J connectivity index is 2.49. The van der Waals surface area contributed by atoms with Gasteiger partial charge in [0, 0.05) is 0 Å². The molecule has 16 heavy (non-hydrogen) atoms. The van der Waals surface area contributed by atoms with Crippen molar-refractivity contribution < 1.29 is 18.5 Å². The van der Waals surface area contributed by atoms with Gasteiger partial charge in [0.1, 0.15) is 5.76 Å². The molecular formula is C11H9NO4. The minimum absolute atomic E-state index is 0.0000463. The zero-order valence-corrected chi connectivity index (χ0v) is 8.81. The van der Waals surface area contributed by atoms with Crippen LogP contribution in [0.3, 0.4) is 0 Å². The zero-order chi connectivity index (χ0) is 11.7. The summed E-state index contributed by atoms with van der Waals surface area (Å²) >= 11 is 0. The van der Waals surface area contributed by atoms with Gasteiger partial charge in [0.25, 0.3) is 5.78 Å². The molecule has 0 spiro atoms. The van der Waals surface area contributed by atoms with Gasteiger partial charge in [-0.1, -0.05) is 5.16 Å². The second kappa shape index (κ2) is 3.77. The van der Waals surface area contributed by atoms with Crippen molar-refractivity contribution >= 4 is 11.6 Å². The fourth-order valence-electron chi connectivity index (χ4n) is 1.47. The predicted octanol–water partition coefficient (Wildman–Crippen LogP) is 2.01. The fraction of sp³-hybridized carbons (Fsp3) is 0.182. The van der Waals surface area contributed by atoms with Gasteiger partial charge >= 0.3 is 0 Å². The van der Waals surface area contributed by atoms with E-state index in [2.05, 4.69) is 5.16 Å². The maximum Gasteiger partial charge on any atom is 0.250 e. The van der Waals surface area contributed by atoms with Crippen LogP contribution in [0.2, 0.25) is 0 Å². The molecule has 0 atom stereocenters. The Morgan fingerprint density at radius 2 is 2.12 bits per heavy atom. The highest BCUT2D eigenvalue weighted by Gasteiger charge is 2.25. The number of hydrogen-bond acceptors (Lipinski definition) is 5. The van der Waals surface area contributed by atoms with E-state index in [9.17, 15) is 9.59 Å². The van der Waals surface area contributed by atoms with Gasteiger partial charge in [-0.2, -0.15) is 0 Å². The summed E-state index contributed by atoms with van der Waals surface area (Å²) < 4.78 is 9.79. The van der Waals surface area contributed by atoms with Gasteiger partial charge in [-0.05, 0) is 26.0 Å². The average Bonchev–Trinajstić information content (AvgIpc) is 2.84. The summed E-state index contributed by atoms with van der Waals surface area (Å²) in [6.07, 6.45) is 1.38. The summed E-state index contributed by atoms with van der Waals surface area (Å²) in [5, 5.41) is 3.59. The number of rotatable bonds is 3. The molecule has 82 valence electrons. The van der Waals surface area contributed by atoms with Gasteiger partial charge in [-0.15, -0.1) is 0 Å². The van der Waals surface area contributed by atoms with Gasteiger partial charge < -0.3 is 8.94 Å². The summed E-state index contributed by atoms with van der Waals surface area (Å²) in [6, 6.07) is 3.10. The molecule has 0 aromatic carbocycles. The molecule has 5 nitrogen and oxygen atoms in total. The van der Waals surface area contributed by atoms with Gasteiger partial charge in [0.2, 0.25) is 0 Å². The maximum atomic E-state index is 11.9. The Morgan fingerprint density at radius 1 is 1.38 bits per heavy atom. The lowest BCUT2D eigenvalue weighted by Crippen LogP contribution is -2.07. The number of aromatic nitrogens is 1. The first-order valence-corrected chi connectivity index (χ1v) is 4.66. The predicted molar refractivity (Wildman–Crippen MR) is 53.4 cm³/mol. The van der Waals surface area contributed by atoms with Gasteiger partial charge in [-0.25, -0.2) is 0 Å². The quantitative estimate of drug-likeness (QED) is 0.738. The van der Waals surface area contributed by atoms with Gasteiger partial charge in [0.05, 0.1) is 11.8 Å². The van der Waals surface area contributed by atoms with Crippen molar-refractivity contribution in [1.29, 1.82) is 0 Å². The Bertz CT molecular complexity index is 536. The number of aryl methyl sites for hydroxylation is 1. The van der Waals surface area contributed by atoms with Crippen LogP contribution in [0.25, 0.3) is 0 Å². The van der Waals surface area contributed by atoms with E-state index < -0.39 is 5.78 Å². The molecule has 2 heterocycles. The first kappa shape index (κ1) is 10.4. The molecule has 5 heteroatoms. The molecule has 0 saturated heterocycles. The smallest absolute Gasteiger partial charge is 0.250 e. The van der Waals surface area contributed by atoms with Gasteiger partial charge in [-0.3, -0.25) is 9.59 Å². The molecule has 2 rings (SSSR count). The molecule has 0 saturated carbocycles. The third-order valence-corrected chi connectivity index (χ3v) is 2.17. The molecule has 2 aromatic rings. The minimum atomic E-state index is -0.452. The summed E-state index contributed by atoms with van der Waals surface area (Å²) in [4.78, 5) is 23.2. The normalized spacial score (nSPS) is 10.4. The van der Waals surface area contributed by atoms with E-state index in [0.29, 0.717) is 5.76 Å². The standard InChI is InChI=1S/C11H9NO4/c1-6(13)9-7(2)16-12-10(9)11(14)8-4-3-5-15-8/h3-5H,1-2H3. The maximum absolute atomic E-state index is 11.9. The van der Waals surface area contributed by atoms with Crippen LogP contribution in [0.4, 0.5) is 0 Å². The highest BCUT2D eigenvalue weighted by atomic mass is 16.5. The molecule has 0 N–H and O–H groups in total. The summed E-state index contributed by atoms with van der Waals surface area (Å²) in [5.41, 5.74) is 0.210. The highest BCUT2D eigenvalue weighted by Crippen LogP contribution is 2.18. The third-order valence-electron chi connectivity index (χ3n) is 2.17. The largest absolute Gasteiger partial charge is 0.461 e. The van der Waals surface area contributed by atoms with Crippen molar-refractivity contribution in [3.05, 3.63) is 41.2 Å². The number of furan rings is 1. The van der Waals surface area contributed by atoms with Crippen LogP contribution >= 0.6 is 0 Å². The van der Waals surface area contributed by atoms with Crippen LogP contribution in [0.1, 0.15) is 39.3 Å². The van der Waals surface area contributed by atoms with Gasteiger partial charge in [0.15, 0.2) is 17.2 Å². The van der Waals surface area contributed by atoms with E-state index in [1.165, 1.54) is 19.3 Å². The third kappa shape index (κ3) is 1.56. The minimum Gasteiger partial charge on any atom is -0.461 e. The summed E-state index contributed by atoms with van der Waals surface area (Å²) in [5.74, 6) is -0.237. The zero-order valence-electron chi connectivity index (χ0n) is 8.81. The molecule has 0 bridgehead atoms. The van der Waals surface area contributed by atoms with Crippen LogP contribution in [0, 0.1) is 6.92 Å². The summed E-state index contributed by atoms with van der Waals surface area (Å²) in [7, 11) is 0. The van der Waals surface area contributed by atoms with E-state index in [4.69, 9.17) is 8.94 Å². The summed E-state index contributed by atoms with van der Waals surface area (Å²) in [6.45, 7) is 2.95. The van der Waals surface area contributed by atoms with Crippen molar-refractivity contribution in [2.45, 2.75) is 13.8 Å². The van der Waals surface area contributed by atoms with Crippen LogP contribution in [0.5, 0.6) is 0 Å². The van der Waals surface area contributed by atoms with Crippen LogP contribution < -0.4 is 0 Å². The second-order valence-corrected chi connectivity index (χ2v) is 3.32. The van der Waals surface area contributed by atoms with E-state index >= 15 is 0 Å². The van der Waals surface area contributed by atoms with E-state index in [-0.39, 0.29) is 22.8 Å². The van der Waals surface area contributed by atoms with E-state index in [1.807, 2.05) is 0 Å². The lowest BCUT2D eigenvalue weighted by molar-refractivity contribution is 0.0976. The first-order valence-electron chi connectivity index (χ1n) is 4.66. The van der Waals surface area contributed by atoms with E-state index in [0.717, 1.165) is 0 Å². The number of nitrogens with zero attached hydrogens (tertiary/aromatic N) is 1. The molecule has 0 aliphatic rings. The molecule has 0 fully saturated rings. The van der Waals surface area contributed by atoms with E-state index in [1.54, 1.807) is 13.0 Å². The number of carbonyl (C=O) groups excluding carboxylic acids is 2. The highest BCUT2D eigenvalue weighted by molar-refractivity contribution is 6.13. The monoisotopic (exact) mass is 219 g/mol. The lowest BCUT2D eigenvalue weighted by Gasteiger charge is -1.94. The van der Waals surface area contributed by atoms with Crippen molar-refractivity contribution in [3.8, 4) is 0 Å². The molecule has 0 aliphatic heterocycles. The number of carbonyl (C=O) groups is 2. The Kier molecular flexibility index (Phi) is 2.44. The van der Waals surface area contributed by atoms with Crippen LogP contribution in [-0.4, -0.2) is 16.7 Å². The Morgan fingerprint density at radius 3 is 2.69 bits per heavy atom. The average molecular weight is 219 g/mol. The Hall–Kier alpha value is -2.17.